The van der Waals surface area contributed by atoms with Crippen LogP contribution in [0.2, 0.25) is 0 Å². The van der Waals surface area contributed by atoms with Crippen molar-refractivity contribution in [3.63, 3.8) is 0 Å². The van der Waals surface area contributed by atoms with Crippen LogP contribution < -0.4 is 10.1 Å². The number of hydrogen-bond acceptors (Lipinski definition) is 9. The fourth-order valence-corrected chi connectivity index (χ4v) is 5.89. The van der Waals surface area contributed by atoms with Crippen LogP contribution in [-0.2, 0) is 11.3 Å². The Kier molecular flexibility index (Phi) is 6.96. The number of carbonyl (C=O) groups excluding carboxylic acids is 1. The lowest BCUT2D eigenvalue weighted by Gasteiger charge is -2.18. The summed E-state index contributed by atoms with van der Waals surface area (Å²) in [6.07, 6.45) is 1.93. The number of nitrogens with one attached hydrogen (secondary N) is 1. The van der Waals surface area contributed by atoms with E-state index in [9.17, 15) is 4.79 Å². The highest BCUT2D eigenvalue weighted by atomic mass is 32.2. The molecule has 1 amide bonds. The molecular weight excluding hydrogens is 518 g/mol. The molecule has 0 spiro atoms. The fourth-order valence-electron chi connectivity index (χ4n) is 4.08. The van der Waals surface area contributed by atoms with E-state index in [1.165, 1.54) is 28.7 Å². The Morgan fingerprint density at radius 1 is 1.13 bits per heavy atom. The monoisotopic (exact) mass is 545 g/mol. The quantitative estimate of drug-likeness (QED) is 0.233. The molecule has 0 unspecified atom stereocenters. The summed E-state index contributed by atoms with van der Waals surface area (Å²) in [5.74, 6) is 1.41. The smallest absolute Gasteiger partial charge is 0.237 e. The van der Waals surface area contributed by atoms with Crippen LogP contribution in [0.25, 0.3) is 15.9 Å². The minimum Gasteiger partial charge on any atom is -0.438 e. The van der Waals surface area contributed by atoms with Gasteiger partial charge in [-0.1, -0.05) is 37.3 Å². The summed E-state index contributed by atoms with van der Waals surface area (Å²) in [6, 6.07) is 17.7. The molecule has 0 aliphatic heterocycles. The molecule has 1 fully saturated rings. The van der Waals surface area contributed by atoms with Crippen LogP contribution in [0.3, 0.4) is 0 Å². The Bertz CT molecular complexity index is 1610. The number of amides is 1. The molecular formula is C27H27N7O2S2. The highest BCUT2D eigenvalue weighted by Crippen LogP contribution is 2.35. The molecule has 0 bridgehead atoms. The molecule has 1 aliphatic rings. The summed E-state index contributed by atoms with van der Waals surface area (Å²) < 4.78 is 8.80. The first kappa shape index (κ1) is 24.8. The van der Waals surface area contributed by atoms with E-state index in [0.717, 1.165) is 53.3 Å². The standard InChI is InChI=1S/C27H27N7O2S2/c1-3-33(4-2)16-17-6-5-7-19(14-17)36-24-13-12-23-30-31-27(34(23)32-24)37-20-10-11-21-22(15-20)38-26(28-21)29-25(35)18-8-9-18/h5-7,10-15,18H,3-4,8-9,16H2,1-2H3,(H,28,29,35). The van der Waals surface area contributed by atoms with Crippen molar-refractivity contribution in [2.75, 3.05) is 18.4 Å². The topological polar surface area (TPSA) is 97.5 Å². The normalized spacial score (nSPS) is 13.4. The van der Waals surface area contributed by atoms with E-state index >= 15 is 0 Å². The SMILES string of the molecule is CCN(CC)Cc1cccc(Oc2ccc3nnc(Sc4ccc5nc(NC(=O)C6CC6)sc5c4)n3n2)c1. The molecule has 1 N–H and O–H groups in total. The number of thiazole rings is 1. The van der Waals surface area contributed by atoms with Crippen LogP contribution in [0.1, 0.15) is 32.3 Å². The molecule has 3 aromatic heterocycles. The van der Waals surface area contributed by atoms with Gasteiger partial charge in [0.1, 0.15) is 5.75 Å². The van der Waals surface area contributed by atoms with Crippen molar-refractivity contribution >= 4 is 50.0 Å². The fraction of sp³-hybridized carbons (Fsp3) is 0.296. The van der Waals surface area contributed by atoms with Crippen molar-refractivity contribution in [2.45, 2.75) is 43.3 Å². The second-order valence-electron chi connectivity index (χ2n) is 9.15. The summed E-state index contributed by atoms with van der Waals surface area (Å²) in [7, 11) is 0. The minimum atomic E-state index is 0.0632. The second-order valence-corrected chi connectivity index (χ2v) is 11.2. The van der Waals surface area contributed by atoms with Gasteiger partial charge >= 0.3 is 0 Å². The van der Waals surface area contributed by atoms with E-state index in [0.29, 0.717) is 21.8 Å². The van der Waals surface area contributed by atoms with Gasteiger partial charge in [0.25, 0.3) is 0 Å². The van der Waals surface area contributed by atoms with Crippen LogP contribution in [0.15, 0.2) is 64.6 Å². The predicted molar refractivity (Wildman–Crippen MR) is 149 cm³/mol. The Balaban J connectivity index is 1.19. The van der Waals surface area contributed by atoms with Crippen molar-refractivity contribution in [3.8, 4) is 11.6 Å². The van der Waals surface area contributed by atoms with E-state index < -0.39 is 0 Å². The van der Waals surface area contributed by atoms with Gasteiger partial charge < -0.3 is 10.1 Å². The van der Waals surface area contributed by atoms with Crippen molar-refractivity contribution in [1.29, 1.82) is 0 Å². The summed E-state index contributed by atoms with van der Waals surface area (Å²) in [5.41, 5.74) is 2.69. The number of aromatic nitrogens is 5. The first-order chi connectivity index (χ1) is 18.6. The van der Waals surface area contributed by atoms with Gasteiger partial charge in [0.2, 0.25) is 16.9 Å². The summed E-state index contributed by atoms with van der Waals surface area (Å²) in [6.45, 7) is 7.21. The molecule has 0 atom stereocenters. The Morgan fingerprint density at radius 2 is 2.00 bits per heavy atom. The van der Waals surface area contributed by atoms with Gasteiger partial charge in [0.05, 0.1) is 10.2 Å². The zero-order valence-corrected chi connectivity index (χ0v) is 22.8. The molecule has 0 saturated heterocycles. The van der Waals surface area contributed by atoms with E-state index in [1.807, 2.05) is 36.4 Å². The summed E-state index contributed by atoms with van der Waals surface area (Å²) in [5, 5.41) is 17.5. The van der Waals surface area contributed by atoms with E-state index in [4.69, 9.17) is 4.74 Å². The third kappa shape index (κ3) is 5.50. The zero-order chi connectivity index (χ0) is 26.1. The third-order valence-corrected chi connectivity index (χ3v) is 8.24. The van der Waals surface area contributed by atoms with Gasteiger partial charge in [-0.25, -0.2) is 4.98 Å². The Labute approximate surface area is 228 Å². The molecule has 1 saturated carbocycles. The van der Waals surface area contributed by atoms with Crippen molar-refractivity contribution < 1.29 is 9.53 Å². The number of ether oxygens (including phenoxy) is 1. The molecule has 9 nitrogen and oxygen atoms in total. The predicted octanol–water partition coefficient (Wildman–Crippen LogP) is 5.87. The van der Waals surface area contributed by atoms with Crippen LogP contribution >= 0.6 is 23.1 Å². The minimum absolute atomic E-state index is 0.0632. The van der Waals surface area contributed by atoms with Gasteiger partial charge in [-0.3, -0.25) is 9.69 Å². The number of benzene rings is 2. The van der Waals surface area contributed by atoms with E-state index in [-0.39, 0.29) is 11.8 Å². The maximum Gasteiger partial charge on any atom is 0.237 e. The highest BCUT2D eigenvalue weighted by molar-refractivity contribution is 7.99. The van der Waals surface area contributed by atoms with Crippen LogP contribution in [-0.4, -0.2) is 48.7 Å². The molecule has 0 radical (unpaired) electrons. The average Bonchev–Trinajstić information content (AvgIpc) is 3.60. The average molecular weight is 546 g/mol. The molecule has 1 aliphatic carbocycles. The van der Waals surface area contributed by atoms with Crippen molar-refractivity contribution in [2.24, 2.45) is 5.92 Å². The zero-order valence-electron chi connectivity index (χ0n) is 21.1. The number of hydrogen-bond donors (Lipinski definition) is 1. The molecule has 38 heavy (non-hydrogen) atoms. The Morgan fingerprint density at radius 3 is 2.82 bits per heavy atom. The molecule has 11 heteroatoms. The van der Waals surface area contributed by atoms with Crippen LogP contribution in [0, 0.1) is 5.92 Å². The maximum atomic E-state index is 12.1. The highest BCUT2D eigenvalue weighted by Gasteiger charge is 2.30. The van der Waals surface area contributed by atoms with Gasteiger partial charge in [0, 0.05) is 23.4 Å². The van der Waals surface area contributed by atoms with Crippen molar-refractivity contribution in [1.82, 2.24) is 29.7 Å². The lowest BCUT2D eigenvalue weighted by Crippen LogP contribution is -2.22. The number of carbonyl (C=O) groups is 1. The lowest BCUT2D eigenvalue weighted by atomic mass is 10.2. The lowest BCUT2D eigenvalue weighted by molar-refractivity contribution is -0.117. The van der Waals surface area contributed by atoms with Gasteiger partial charge in [0.15, 0.2) is 10.8 Å². The molecule has 5 aromatic rings. The van der Waals surface area contributed by atoms with Gasteiger partial charge in [-0.2, -0.15) is 4.52 Å². The van der Waals surface area contributed by atoms with Crippen LogP contribution in [0.4, 0.5) is 5.13 Å². The second kappa shape index (κ2) is 10.7. The summed E-state index contributed by atoms with van der Waals surface area (Å²) in [4.78, 5) is 20.0. The first-order valence-corrected chi connectivity index (χ1v) is 14.3. The van der Waals surface area contributed by atoms with Crippen LogP contribution in [0.5, 0.6) is 11.6 Å². The number of anilines is 1. The largest absolute Gasteiger partial charge is 0.438 e. The molecule has 194 valence electrons. The summed E-state index contributed by atoms with van der Waals surface area (Å²) >= 11 is 2.94. The number of nitrogens with zero attached hydrogens (tertiary/aromatic N) is 6. The molecule has 6 rings (SSSR count). The van der Waals surface area contributed by atoms with Gasteiger partial charge in [-0.15, -0.1) is 15.3 Å². The Hall–Kier alpha value is -3.54. The first-order valence-electron chi connectivity index (χ1n) is 12.7. The molecule has 2 aromatic carbocycles. The van der Waals surface area contributed by atoms with Gasteiger partial charge in [-0.05, 0) is 79.7 Å². The number of fused-ring (bicyclic) bond motifs is 2. The third-order valence-electron chi connectivity index (χ3n) is 6.38. The van der Waals surface area contributed by atoms with E-state index in [1.54, 1.807) is 10.6 Å². The van der Waals surface area contributed by atoms with Crippen molar-refractivity contribution in [3.05, 3.63) is 60.2 Å². The maximum absolute atomic E-state index is 12.1. The number of rotatable bonds is 10. The van der Waals surface area contributed by atoms with E-state index in [2.05, 4.69) is 56.5 Å². The molecule has 3 heterocycles.